The summed E-state index contributed by atoms with van der Waals surface area (Å²) in [6.45, 7) is 0.677. The predicted molar refractivity (Wildman–Crippen MR) is 81.5 cm³/mol. The second-order valence-electron chi connectivity index (χ2n) is 5.08. The average Bonchev–Trinajstić information content (AvgIpc) is 2.47. The number of hydrogen-bond acceptors (Lipinski definition) is 3. The van der Waals surface area contributed by atoms with Gasteiger partial charge in [-0.25, -0.2) is 0 Å². The highest BCUT2D eigenvalue weighted by Crippen LogP contribution is 2.21. The lowest BCUT2D eigenvalue weighted by Gasteiger charge is -2.22. The first-order chi connectivity index (χ1) is 9.74. The lowest BCUT2D eigenvalue weighted by atomic mass is 9.98. The smallest absolute Gasteiger partial charge is 0.211 e. The molecule has 1 aromatic carbocycles. The molecular formula is C15H22N4O. The molecule has 108 valence electrons. The maximum Gasteiger partial charge on any atom is 0.211 e. The van der Waals surface area contributed by atoms with Crippen LogP contribution in [0.5, 0.6) is 0 Å². The number of rotatable bonds is 5. The van der Waals surface area contributed by atoms with E-state index in [1.54, 1.807) is 6.21 Å². The molecule has 0 bridgehead atoms. The molecule has 5 nitrogen and oxygen atoms in total. The van der Waals surface area contributed by atoms with Gasteiger partial charge in [-0.3, -0.25) is 0 Å². The number of nitrogens with zero attached hydrogens (tertiary/aromatic N) is 2. The highest BCUT2D eigenvalue weighted by Gasteiger charge is 2.13. The van der Waals surface area contributed by atoms with Crippen molar-refractivity contribution in [3.8, 4) is 0 Å². The van der Waals surface area contributed by atoms with Gasteiger partial charge < -0.3 is 16.2 Å². The normalized spacial score (nSPS) is 16.4. The molecule has 0 saturated heterocycles. The SMILES string of the molecule is NC(N)=NN=Cc1ccc(COC2CCCCC2)cc1. The number of hydrogen-bond donors (Lipinski definition) is 2. The van der Waals surface area contributed by atoms with Crippen LogP contribution < -0.4 is 11.5 Å². The summed E-state index contributed by atoms with van der Waals surface area (Å²) in [5, 5.41) is 7.33. The largest absolute Gasteiger partial charge is 0.374 e. The lowest BCUT2D eigenvalue weighted by molar-refractivity contribution is 0.0169. The van der Waals surface area contributed by atoms with E-state index in [0.29, 0.717) is 12.7 Å². The quantitative estimate of drug-likeness (QED) is 0.490. The number of ether oxygens (including phenoxy) is 1. The van der Waals surface area contributed by atoms with Crippen molar-refractivity contribution in [3.63, 3.8) is 0 Å². The molecule has 0 heterocycles. The van der Waals surface area contributed by atoms with Crippen LogP contribution >= 0.6 is 0 Å². The molecule has 0 spiro atoms. The van der Waals surface area contributed by atoms with Gasteiger partial charge in [0.25, 0.3) is 0 Å². The van der Waals surface area contributed by atoms with Gasteiger partial charge in [0.2, 0.25) is 5.96 Å². The summed E-state index contributed by atoms with van der Waals surface area (Å²) in [6, 6.07) is 8.04. The topological polar surface area (TPSA) is 86.0 Å². The van der Waals surface area contributed by atoms with E-state index in [4.69, 9.17) is 16.2 Å². The van der Waals surface area contributed by atoms with Crippen LogP contribution in [0.4, 0.5) is 0 Å². The number of guanidine groups is 1. The maximum atomic E-state index is 5.93. The van der Waals surface area contributed by atoms with Gasteiger partial charge in [0.1, 0.15) is 0 Å². The predicted octanol–water partition coefficient (Wildman–Crippen LogP) is 2.14. The van der Waals surface area contributed by atoms with E-state index >= 15 is 0 Å². The molecule has 1 aliphatic carbocycles. The van der Waals surface area contributed by atoms with E-state index in [9.17, 15) is 0 Å². The molecule has 1 saturated carbocycles. The van der Waals surface area contributed by atoms with E-state index in [2.05, 4.69) is 10.2 Å². The molecule has 0 atom stereocenters. The van der Waals surface area contributed by atoms with E-state index in [0.717, 1.165) is 5.56 Å². The fraction of sp³-hybridized carbons (Fsp3) is 0.467. The van der Waals surface area contributed by atoms with Gasteiger partial charge in [0.15, 0.2) is 0 Å². The minimum Gasteiger partial charge on any atom is -0.374 e. The van der Waals surface area contributed by atoms with Gasteiger partial charge in [-0.15, -0.1) is 5.10 Å². The van der Waals surface area contributed by atoms with Crippen LogP contribution in [-0.4, -0.2) is 18.3 Å². The second-order valence-corrected chi connectivity index (χ2v) is 5.08. The molecule has 4 N–H and O–H groups in total. The fourth-order valence-corrected chi connectivity index (χ4v) is 2.31. The molecule has 5 heteroatoms. The summed E-state index contributed by atoms with van der Waals surface area (Å²) in [5.74, 6) is -0.0428. The van der Waals surface area contributed by atoms with E-state index in [1.807, 2.05) is 24.3 Å². The number of benzene rings is 1. The molecule has 20 heavy (non-hydrogen) atoms. The Labute approximate surface area is 119 Å². The summed E-state index contributed by atoms with van der Waals surface area (Å²) >= 11 is 0. The van der Waals surface area contributed by atoms with Crippen molar-refractivity contribution >= 4 is 12.2 Å². The van der Waals surface area contributed by atoms with Crippen molar-refractivity contribution in [2.75, 3.05) is 0 Å². The molecule has 0 amide bonds. The Bertz CT molecular complexity index is 457. The van der Waals surface area contributed by atoms with Crippen molar-refractivity contribution in [1.82, 2.24) is 0 Å². The van der Waals surface area contributed by atoms with Gasteiger partial charge >= 0.3 is 0 Å². The monoisotopic (exact) mass is 274 g/mol. The molecule has 0 aromatic heterocycles. The standard InChI is InChI=1S/C15H22N4O/c16-15(17)19-18-10-12-6-8-13(9-7-12)11-20-14-4-2-1-3-5-14/h6-10,14H,1-5,11H2,(H4,16,17,19). The summed E-state index contributed by atoms with van der Waals surface area (Å²) in [6.07, 6.45) is 8.39. The first kappa shape index (κ1) is 14.5. The Morgan fingerprint density at radius 2 is 1.85 bits per heavy atom. The molecule has 1 fully saturated rings. The first-order valence-corrected chi connectivity index (χ1v) is 7.06. The Morgan fingerprint density at radius 1 is 1.15 bits per heavy atom. The van der Waals surface area contributed by atoms with E-state index in [1.165, 1.54) is 37.7 Å². The average molecular weight is 274 g/mol. The second kappa shape index (κ2) is 7.65. The van der Waals surface area contributed by atoms with Gasteiger partial charge in [-0.2, -0.15) is 5.10 Å². The Hall–Kier alpha value is -1.88. The van der Waals surface area contributed by atoms with Crippen molar-refractivity contribution < 1.29 is 4.74 Å². The maximum absolute atomic E-state index is 5.93. The highest BCUT2D eigenvalue weighted by atomic mass is 16.5. The Morgan fingerprint density at radius 3 is 2.50 bits per heavy atom. The first-order valence-electron chi connectivity index (χ1n) is 7.06. The van der Waals surface area contributed by atoms with Crippen LogP contribution in [0.15, 0.2) is 34.5 Å². The molecule has 0 radical (unpaired) electrons. The molecule has 2 rings (SSSR count). The lowest BCUT2D eigenvalue weighted by Crippen LogP contribution is -2.21. The minimum absolute atomic E-state index is 0.0428. The van der Waals surface area contributed by atoms with Crippen LogP contribution in [0.3, 0.4) is 0 Å². The summed E-state index contributed by atoms with van der Waals surface area (Å²) in [7, 11) is 0. The van der Waals surface area contributed by atoms with Crippen molar-refractivity contribution in [2.45, 2.75) is 44.8 Å². The van der Waals surface area contributed by atoms with E-state index < -0.39 is 0 Å². The molecule has 0 aliphatic heterocycles. The van der Waals surface area contributed by atoms with Crippen molar-refractivity contribution in [2.24, 2.45) is 21.7 Å². The summed E-state index contributed by atoms with van der Waals surface area (Å²) < 4.78 is 5.93. The fourth-order valence-electron chi connectivity index (χ4n) is 2.31. The van der Waals surface area contributed by atoms with Crippen LogP contribution in [0.1, 0.15) is 43.2 Å². The Kier molecular flexibility index (Phi) is 5.55. The van der Waals surface area contributed by atoms with Crippen molar-refractivity contribution in [3.05, 3.63) is 35.4 Å². The Balaban J connectivity index is 1.81. The van der Waals surface area contributed by atoms with Crippen LogP contribution in [0.2, 0.25) is 0 Å². The zero-order valence-corrected chi connectivity index (χ0v) is 11.7. The van der Waals surface area contributed by atoms with Gasteiger partial charge in [0, 0.05) is 0 Å². The van der Waals surface area contributed by atoms with Gasteiger partial charge in [-0.05, 0) is 24.0 Å². The van der Waals surface area contributed by atoms with Gasteiger partial charge in [0.05, 0.1) is 18.9 Å². The summed E-state index contributed by atoms with van der Waals surface area (Å²) in [4.78, 5) is 0. The molecule has 1 aromatic rings. The minimum atomic E-state index is -0.0428. The zero-order valence-electron chi connectivity index (χ0n) is 11.7. The summed E-state index contributed by atoms with van der Waals surface area (Å²) in [5.41, 5.74) is 12.5. The highest BCUT2D eigenvalue weighted by molar-refractivity contribution is 5.81. The third kappa shape index (κ3) is 5.01. The molecule has 1 aliphatic rings. The zero-order chi connectivity index (χ0) is 14.2. The third-order valence-corrected chi connectivity index (χ3v) is 3.40. The van der Waals surface area contributed by atoms with E-state index in [-0.39, 0.29) is 5.96 Å². The number of nitrogens with two attached hydrogens (primary N) is 2. The third-order valence-electron chi connectivity index (χ3n) is 3.40. The molecule has 0 unspecified atom stereocenters. The molecular weight excluding hydrogens is 252 g/mol. The van der Waals surface area contributed by atoms with Crippen LogP contribution in [-0.2, 0) is 11.3 Å². The van der Waals surface area contributed by atoms with Crippen LogP contribution in [0, 0.1) is 0 Å². The van der Waals surface area contributed by atoms with Gasteiger partial charge in [-0.1, -0.05) is 43.5 Å². The van der Waals surface area contributed by atoms with Crippen LogP contribution in [0.25, 0.3) is 0 Å². The van der Waals surface area contributed by atoms with Crippen molar-refractivity contribution in [1.29, 1.82) is 0 Å².